The summed E-state index contributed by atoms with van der Waals surface area (Å²) in [6.45, 7) is 11.8. The Morgan fingerprint density at radius 2 is 1.09 bits per heavy atom. The van der Waals surface area contributed by atoms with Crippen LogP contribution in [-0.4, -0.2) is 39.8 Å². The molecule has 0 saturated heterocycles. The Kier molecular flexibility index (Phi) is 15.5. The second-order valence-corrected chi connectivity index (χ2v) is 6.41. The summed E-state index contributed by atoms with van der Waals surface area (Å²) >= 11 is 1.52. The van der Waals surface area contributed by atoms with E-state index >= 15 is 0 Å². The standard InChI is InChI=1S/C5H12O.C4H9N.C3H2F6O.CH3.Nb/c1-4-5(2,3)6;1-4(2,3)5;4-2(5,6)1(10)3(7,8)9;;/h6H,4H2,1-3H3;1-3H3;1,10H;1H3;/q;;;-1;. The molecule has 0 rings (SSSR count). The fourth-order valence-corrected chi connectivity index (χ4v) is 0.186. The summed E-state index contributed by atoms with van der Waals surface area (Å²) in [5, 5.41) is 16.3. The predicted octanol–water partition coefficient (Wildman–Crippen LogP) is 4.60. The van der Waals surface area contributed by atoms with Crippen LogP contribution in [0.15, 0.2) is 3.34 Å². The van der Waals surface area contributed by atoms with Crippen LogP contribution in [0, 0.1) is 7.43 Å². The van der Waals surface area contributed by atoms with Gasteiger partial charge in [0, 0.05) is 0 Å². The normalized spacial score (nSPS) is 12.3. The summed E-state index contributed by atoms with van der Waals surface area (Å²) < 4.78 is 69.9. The Labute approximate surface area is 146 Å². The molecule has 0 aromatic heterocycles. The first kappa shape index (κ1) is 30.9. The maximum atomic E-state index is 11.0. The Hall–Kier alpha value is 0.0403. The van der Waals surface area contributed by atoms with Gasteiger partial charge in [-0.1, -0.05) is 6.92 Å². The van der Waals surface area contributed by atoms with Crippen molar-refractivity contribution in [1.82, 2.24) is 0 Å². The van der Waals surface area contributed by atoms with Crippen LogP contribution in [0.3, 0.4) is 0 Å². The van der Waals surface area contributed by atoms with Crippen molar-refractivity contribution in [3.05, 3.63) is 7.43 Å². The van der Waals surface area contributed by atoms with Gasteiger partial charge in [-0.2, -0.15) is 26.3 Å². The number of rotatable bonds is 1. The van der Waals surface area contributed by atoms with Gasteiger partial charge in [0.25, 0.3) is 0 Å². The Morgan fingerprint density at radius 1 is 0.913 bits per heavy atom. The summed E-state index contributed by atoms with van der Waals surface area (Å²) in [6.07, 6.45) is -14.7. The fourth-order valence-electron chi connectivity index (χ4n) is 0.186. The molecule has 0 amide bonds. The average molecular weight is 435 g/mol. The van der Waals surface area contributed by atoms with Crippen molar-refractivity contribution in [3.8, 4) is 0 Å². The number of hydrogen-bond acceptors (Lipinski definition) is 3. The topological polar surface area (TPSA) is 52.8 Å². The monoisotopic (exact) mass is 435 g/mol. The SMILES string of the molecule is CC(C)(C)[N]=[Nb].CCC(C)(C)O.OC(C(F)(F)F)C(F)(F)F.[CH3-]. The zero-order valence-corrected chi connectivity index (χ0v) is 16.5. The molecule has 143 valence electrons. The van der Waals surface area contributed by atoms with Gasteiger partial charge < -0.3 is 17.6 Å². The predicted molar refractivity (Wildman–Crippen MR) is 73.3 cm³/mol. The Balaban J connectivity index is -0.000000122. The van der Waals surface area contributed by atoms with E-state index in [4.69, 9.17) is 10.2 Å². The molecule has 0 aliphatic carbocycles. The van der Waals surface area contributed by atoms with Crippen LogP contribution >= 0.6 is 0 Å². The van der Waals surface area contributed by atoms with E-state index in [0.29, 0.717) is 0 Å². The van der Waals surface area contributed by atoms with Crippen molar-refractivity contribution in [2.45, 2.75) is 77.6 Å². The number of halogens is 6. The summed E-state index contributed by atoms with van der Waals surface area (Å²) in [4.78, 5) is 0. The summed E-state index contributed by atoms with van der Waals surface area (Å²) in [6, 6.07) is 0. The minimum Gasteiger partial charge on any atom is -0.390 e. The molecule has 2 N–H and O–H groups in total. The van der Waals surface area contributed by atoms with E-state index in [1.165, 1.54) is 20.9 Å². The van der Waals surface area contributed by atoms with Crippen LogP contribution in [0.5, 0.6) is 0 Å². The maximum absolute atomic E-state index is 11.0. The molecule has 0 atom stereocenters. The molecule has 0 aromatic carbocycles. The molecule has 0 heterocycles. The average Bonchev–Trinajstić information content (AvgIpc) is 2.25. The molecule has 10 heteroatoms. The van der Waals surface area contributed by atoms with E-state index in [1.807, 2.05) is 6.92 Å². The van der Waals surface area contributed by atoms with Crippen molar-refractivity contribution in [2.75, 3.05) is 0 Å². The number of alkyl halides is 6. The molecule has 0 aliphatic rings. The first-order valence-corrected chi connectivity index (χ1v) is 7.16. The largest absolute Gasteiger partial charge is 0.423 e. The third-order valence-corrected chi connectivity index (χ3v) is 3.26. The third kappa shape index (κ3) is 27.2. The zero-order chi connectivity index (χ0) is 19.0. The van der Waals surface area contributed by atoms with E-state index in [1.54, 1.807) is 13.8 Å². The van der Waals surface area contributed by atoms with E-state index in [-0.39, 0.29) is 13.0 Å². The number of aliphatic hydroxyl groups is 2. The second-order valence-electron chi connectivity index (χ2n) is 5.92. The molecule has 0 aromatic rings. The molecule has 23 heavy (non-hydrogen) atoms. The second kappa shape index (κ2) is 11.6. The third-order valence-electron chi connectivity index (χ3n) is 1.79. The molecular weight excluding hydrogens is 409 g/mol. The van der Waals surface area contributed by atoms with E-state index in [0.717, 1.165) is 6.42 Å². The Bertz CT molecular complexity index is 292. The van der Waals surface area contributed by atoms with Gasteiger partial charge in [-0.15, -0.1) is 0 Å². The van der Waals surface area contributed by atoms with Crippen LogP contribution in [0.1, 0.15) is 48.0 Å². The van der Waals surface area contributed by atoms with Gasteiger partial charge in [0.1, 0.15) is 0 Å². The van der Waals surface area contributed by atoms with Gasteiger partial charge in [-0.3, -0.25) is 0 Å². The van der Waals surface area contributed by atoms with Gasteiger partial charge >= 0.3 is 62.9 Å². The number of hydrogen-bond donors (Lipinski definition) is 2. The summed E-state index contributed by atoms with van der Waals surface area (Å²) in [7, 11) is 0. The summed E-state index contributed by atoms with van der Waals surface area (Å²) in [5.41, 5.74) is -0.269. The first-order valence-electron chi connectivity index (χ1n) is 6.18. The molecule has 0 aliphatic heterocycles. The van der Waals surface area contributed by atoms with Crippen molar-refractivity contribution < 1.29 is 57.4 Å². The fraction of sp³-hybridized carbons (Fsp3) is 0.923. The van der Waals surface area contributed by atoms with Crippen molar-refractivity contribution in [2.24, 2.45) is 3.34 Å². The Morgan fingerprint density at radius 3 is 1.09 bits per heavy atom. The van der Waals surface area contributed by atoms with Gasteiger partial charge in [0.05, 0.1) is 5.60 Å². The molecule has 0 saturated carbocycles. The minimum atomic E-state index is -5.63. The molecular formula is C13H26F6NNbO2-. The van der Waals surface area contributed by atoms with Crippen LogP contribution in [-0.2, 0) is 20.9 Å². The van der Waals surface area contributed by atoms with Crippen LogP contribution in [0.2, 0.25) is 0 Å². The molecule has 0 spiro atoms. The molecule has 0 unspecified atom stereocenters. The van der Waals surface area contributed by atoms with E-state index < -0.39 is 24.1 Å². The quantitative estimate of drug-likeness (QED) is 0.359. The number of nitrogens with zero attached hydrogens (tertiary/aromatic N) is 1. The van der Waals surface area contributed by atoms with Gasteiger partial charge in [-0.05, 0) is 20.3 Å². The molecule has 0 bridgehead atoms. The van der Waals surface area contributed by atoms with Crippen molar-refractivity contribution in [3.63, 3.8) is 0 Å². The van der Waals surface area contributed by atoms with Crippen LogP contribution in [0.4, 0.5) is 26.3 Å². The first-order chi connectivity index (χ1) is 9.28. The van der Waals surface area contributed by atoms with Crippen molar-refractivity contribution >= 4 is 0 Å². The maximum Gasteiger partial charge on any atom is 0.423 e. The van der Waals surface area contributed by atoms with Gasteiger partial charge in [-0.25, -0.2) is 0 Å². The van der Waals surface area contributed by atoms with Crippen LogP contribution in [0.25, 0.3) is 0 Å². The van der Waals surface area contributed by atoms with Gasteiger partial charge in [0.2, 0.25) is 6.10 Å². The van der Waals surface area contributed by atoms with E-state index in [9.17, 15) is 26.3 Å². The van der Waals surface area contributed by atoms with Gasteiger partial charge in [0.15, 0.2) is 0 Å². The van der Waals surface area contributed by atoms with Crippen molar-refractivity contribution in [1.29, 1.82) is 0 Å². The smallest absolute Gasteiger partial charge is 0.390 e. The van der Waals surface area contributed by atoms with E-state index in [2.05, 4.69) is 24.1 Å². The summed E-state index contributed by atoms with van der Waals surface area (Å²) in [5.74, 6) is 0. The number of aliphatic hydroxyl groups excluding tert-OH is 1. The van der Waals surface area contributed by atoms with Crippen LogP contribution < -0.4 is 0 Å². The zero-order valence-electron chi connectivity index (χ0n) is 14.3. The molecule has 0 fully saturated rings. The molecule has 0 radical (unpaired) electrons. The molecule has 3 nitrogen and oxygen atoms in total. The minimum absolute atomic E-state index is 0.